The van der Waals surface area contributed by atoms with Crippen LogP contribution >= 0.6 is 11.3 Å². The van der Waals surface area contributed by atoms with E-state index in [9.17, 15) is 0 Å². The molecule has 0 aliphatic heterocycles. The van der Waals surface area contributed by atoms with Gasteiger partial charge in [0.1, 0.15) is 0 Å². The molecule has 2 heteroatoms. The Morgan fingerprint density at radius 1 is 0.524 bits per heavy atom. The summed E-state index contributed by atoms with van der Waals surface area (Å²) in [5.74, 6) is 0. The zero-order chi connectivity index (χ0) is 27.9. The summed E-state index contributed by atoms with van der Waals surface area (Å²) in [5, 5.41) is 5.34. The van der Waals surface area contributed by atoms with Gasteiger partial charge in [-0.2, -0.15) is 0 Å². The molecule has 200 valence electrons. The van der Waals surface area contributed by atoms with Gasteiger partial charge in [0, 0.05) is 37.1 Å². The minimum absolute atomic E-state index is 1.06. The molecule has 0 saturated carbocycles. The highest BCUT2D eigenvalue weighted by atomic mass is 32.1. The first-order chi connectivity index (χ1) is 20.8. The summed E-state index contributed by atoms with van der Waals surface area (Å²) in [5.41, 5.74) is 8.66. The zero-order valence-corrected chi connectivity index (χ0v) is 24.0. The zero-order valence-electron chi connectivity index (χ0n) is 23.2. The molecule has 8 rings (SSSR count). The van der Waals surface area contributed by atoms with E-state index in [0.29, 0.717) is 0 Å². The molecular weight excluding hydrogens is 527 g/mol. The highest BCUT2D eigenvalue weighted by Crippen LogP contribution is 2.43. The monoisotopic (exact) mass is 555 g/mol. The Labute approximate surface area is 249 Å². The lowest BCUT2D eigenvalue weighted by Gasteiger charge is -2.28. The molecule has 0 saturated heterocycles. The highest BCUT2D eigenvalue weighted by molar-refractivity contribution is 7.25. The molecule has 1 aliphatic carbocycles. The number of fused-ring (bicyclic) bond motifs is 4. The Morgan fingerprint density at radius 3 is 2.24 bits per heavy atom. The third kappa shape index (κ3) is 4.32. The Bertz CT molecular complexity index is 2210. The third-order valence-corrected chi connectivity index (χ3v) is 9.48. The first-order valence-corrected chi connectivity index (χ1v) is 15.4. The topological polar surface area (TPSA) is 3.24 Å². The molecule has 0 N–H and O–H groups in total. The summed E-state index contributed by atoms with van der Waals surface area (Å²) in [4.78, 5) is 2.41. The van der Waals surface area contributed by atoms with E-state index in [2.05, 4.69) is 157 Å². The standard InChI is InChI=1S/C40H29NS/c1-2-16-31(17-3-1)41(32-24-25-37-36-20-7-9-23-39(36)42-40(37)27-32)38-22-8-6-19-35(38)30-15-10-14-29(26-30)34-21-11-13-28-12-4-5-18-33(28)34/h1-10,12-20,22-27H,11,21H2. The van der Waals surface area contributed by atoms with E-state index in [1.165, 1.54) is 58.6 Å². The Kier molecular flexibility index (Phi) is 6.20. The maximum absolute atomic E-state index is 2.41. The SMILES string of the molecule is C1=c2ccccc2=C(c2cccc(-c3ccccc3N(c3ccccc3)c3ccc4c(c3)sc3ccccc34)c2)CC1. The number of thiophene rings is 1. The Morgan fingerprint density at radius 2 is 1.29 bits per heavy atom. The Balaban J connectivity index is 1.31. The van der Waals surface area contributed by atoms with Crippen molar-refractivity contribution in [2.45, 2.75) is 12.8 Å². The molecule has 0 bridgehead atoms. The van der Waals surface area contributed by atoms with Crippen LogP contribution in [0.2, 0.25) is 0 Å². The van der Waals surface area contributed by atoms with Gasteiger partial charge in [-0.1, -0.05) is 109 Å². The van der Waals surface area contributed by atoms with Gasteiger partial charge in [0.05, 0.1) is 5.69 Å². The molecule has 0 fully saturated rings. The van der Waals surface area contributed by atoms with Crippen LogP contribution in [0.3, 0.4) is 0 Å². The normalized spacial score (nSPS) is 12.7. The lowest BCUT2D eigenvalue weighted by molar-refractivity contribution is 1.08. The number of nitrogens with zero attached hydrogens (tertiary/aromatic N) is 1. The van der Waals surface area contributed by atoms with Crippen molar-refractivity contribution in [2.24, 2.45) is 0 Å². The van der Waals surface area contributed by atoms with Crippen molar-refractivity contribution in [3.63, 3.8) is 0 Å². The van der Waals surface area contributed by atoms with Crippen LogP contribution in [0.1, 0.15) is 18.4 Å². The van der Waals surface area contributed by atoms with Gasteiger partial charge in [0.2, 0.25) is 0 Å². The van der Waals surface area contributed by atoms with Crippen LogP contribution in [0.25, 0.3) is 42.9 Å². The summed E-state index contributed by atoms with van der Waals surface area (Å²) >= 11 is 1.86. The molecule has 0 amide bonds. The first kappa shape index (κ1) is 24.8. The van der Waals surface area contributed by atoms with Crippen molar-refractivity contribution in [2.75, 3.05) is 4.90 Å². The van der Waals surface area contributed by atoms with Crippen molar-refractivity contribution in [1.29, 1.82) is 0 Å². The molecule has 6 aromatic carbocycles. The summed E-state index contributed by atoms with van der Waals surface area (Å²) in [6.07, 6.45) is 4.51. The quantitative estimate of drug-likeness (QED) is 0.204. The van der Waals surface area contributed by atoms with Crippen LogP contribution in [0, 0.1) is 0 Å². The highest BCUT2D eigenvalue weighted by Gasteiger charge is 2.19. The summed E-state index contributed by atoms with van der Waals surface area (Å²) in [6, 6.07) is 53.1. The van der Waals surface area contributed by atoms with Crippen LogP contribution in [0.15, 0.2) is 146 Å². The van der Waals surface area contributed by atoms with E-state index in [1.54, 1.807) is 0 Å². The second kappa shape index (κ2) is 10.5. The molecular formula is C40H29NS. The predicted octanol–water partition coefficient (Wildman–Crippen LogP) is 9.96. The van der Waals surface area contributed by atoms with E-state index < -0.39 is 0 Å². The maximum atomic E-state index is 2.41. The van der Waals surface area contributed by atoms with E-state index >= 15 is 0 Å². The fraction of sp³-hybridized carbons (Fsp3) is 0.0500. The molecule has 1 nitrogen and oxygen atoms in total. The molecule has 1 heterocycles. The van der Waals surface area contributed by atoms with Gasteiger partial charge in [0.25, 0.3) is 0 Å². The minimum Gasteiger partial charge on any atom is -0.310 e. The van der Waals surface area contributed by atoms with Crippen LogP contribution < -0.4 is 15.3 Å². The first-order valence-electron chi connectivity index (χ1n) is 14.6. The van der Waals surface area contributed by atoms with Crippen molar-refractivity contribution in [3.05, 3.63) is 162 Å². The van der Waals surface area contributed by atoms with Crippen LogP contribution in [-0.2, 0) is 0 Å². The van der Waals surface area contributed by atoms with Crippen molar-refractivity contribution < 1.29 is 0 Å². The maximum Gasteiger partial charge on any atom is 0.0540 e. The second-order valence-corrected chi connectivity index (χ2v) is 11.9. The van der Waals surface area contributed by atoms with Crippen molar-refractivity contribution >= 4 is 60.2 Å². The van der Waals surface area contributed by atoms with E-state index in [-0.39, 0.29) is 0 Å². The number of hydrogen-bond acceptors (Lipinski definition) is 2. The summed E-state index contributed by atoms with van der Waals surface area (Å²) in [6.45, 7) is 0. The number of para-hydroxylation sites is 2. The van der Waals surface area contributed by atoms with Gasteiger partial charge in [-0.15, -0.1) is 11.3 Å². The molecule has 0 spiro atoms. The van der Waals surface area contributed by atoms with Crippen molar-refractivity contribution in [1.82, 2.24) is 0 Å². The van der Waals surface area contributed by atoms with Crippen molar-refractivity contribution in [3.8, 4) is 11.1 Å². The van der Waals surface area contributed by atoms with Gasteiger partial charge in [-0.25, -0.2) is 0 Å². The molecule has 1 aromatic heterocycles. The molecule has 0 atom stereocenters. The molecule has 0 radical (unpaired) electrons. The number of anilines is 3. The lowest BCUT2D eigenvalue weighted by Crippen LogP contribution is -2.29. The third-order valence-electron chi connectivity index (χ3n) is 8.35. The number of rotatable bonds is 5. The molecule has 7 aromatic rings. The van der Waals surface area contributed by atoms with Gasteiger partial charge >= 0.3 is 0 Å². The van der Waals surface area contributed by atoms with Gasteiger partial charge in [0.15, 0.2) is 0 Å². The van der Waals surface area contributed by atoms with E-state index in [0.717, 1.165) is 24.2 Å². The minimum atomic E-state index is 1.06. The average Bonchev–Trinajstić information content (AvgIpc) is 3.43. The fourth-order valence-corrected chi connectivity index (χ4v) is 7.54. The molecule has 1 aliphatic rings. The smallest absolute Gasteiger partial charge is 0.0540 e. The average molecular weight is 556 g/mol. The lowest BCUT2D eigenvalue weighted by atomic mass is 9.91. The van der Waals surface area contributed by atoms with Gasteiger partial charge < -0.3 is 4.90 Å². The van der Waals surface area contributed by atoms with Gasteiger partial charge in [-0.05, 0) is 82.4 Å². The van der Waals surface area contributed by atoms with Crippen LogP contribution in [0.4, 0.5) is 17.1 Å². The number of benzene rings is 6. The Hall–Kier alpha value is -4.92. The fourth-order valence-electron chi connectivity index (χ4n) is 6.40. The largest absolute Gasteiger partial charge is 0.310 e. The predicted molar refractivity (Wildman–Crippen MR) is 181 cm³/mol. The summed E-state index contributed by atoms with van der Waals surface area (Å²) in [7, 11) is 0. The molecule has 0 unspecified atom stereocenters. The van der Waals surface area contributed by atoms with Crippen LogP contribution in [-0.4, -0.2) is 0 Å². The van der Waals surface area contributed by atoms with E-state index in [1.807, 2.05) is 11.3 Å². The van der Waals surface area contributed by atoms with Crippen LogP contribution in [0.5, 0.6) is 0 Å². The molecule has 42 heavy (non-hydrogen) atoms. The second-order valence-electron chi connectivity index (χ2n) is 10.9. The van der Waals surface area contributed by atoms with E-state index in [4.69, 9.17) is 0 Å². The number of hydrogen-bond donors (Lipinski definition) is 0. The summed E-state index contributed by atoms with van der Waals surface area (Å²) < 4.78 is 2.63. The van der Waals surface area contributed by atoms with Gasteiger partial charge in [-0.3, -0.25) is 0 Å².